The molecule has 7 heteroatoms. The molecule has 4 N–H and O–H groups in total. The monoisotopic (exact) mass is 299 g/mol. The van der Waals surface area contributed by atoms with Gasteiger partial charge in [0.05, 0.1) is 12.1 Å². The number of nitrogens with one attached hydrogen (secondary N) is 3. The Hall–Kier alpha value is -1.79. The number of aliphatic carboxylic acids is 1. The molecule has 1 aliphatic rings. The minimum atomic E-state index is -0.875. The third kappa shape index (κ3) is 6.01. The number of hydrogen-bond donors (Lipinski definition) is 4. The molecule has 1 aliphatic heterocycles. The summed E-state index contributed by atoms with van der Waals surface area (Å²) in [6, 6.07) is -0.568. The molecule has 0 aliphatic carbocycles. The highest BCUT2D eigenvalue weighted by Gasteiger charge is 2.37. The molecule has 0 aromatic heterocycles. The molecule has 0 unspecified atom stereocenters. The van der Waals surface area contributed by atoms with E-state index in [1.54, 1.807) is 0 Å². The molecule has 1 heterocycles. The lowest BCUT2D eigenvalue weighted by molar-refractivity contribution is -0.137. The van der Waals surface area contributed by atoms with E-state index in [9.17, 15) is 14.4 Å². The van der Waals surface area contributed by atoms with Crippen LogP contribution >= 0.6 is 0 Å². The number of carboxylic acid groups (broad SMARTS) is 1. The van der Waals surface area contributed by atoms with E-state index in [1.807, 2.05) is 20.8 Å². The zero-order valence-electron chi connectivity index (χ0n) is 12.9. The number of piperidine rings is 1. The molecule has 0 saturated carbocycles. The predicted molar refractivity (Wildman–Crippen MR) is 77.8 cm³/mol. The van der Waals surface area contributed by atoms with Crippen molar-refractivity contribution in [1.29, 1.82) is 0 Å². The molecule has 7 nitrogen and oxygen atoms in total. The molecule has 0 spiro atoms. The predicted octanol–water partition coefficient (Wildman–Crippen LogP) is 0.844. The van der Waals surface area contributed by atoms with Gasteiger partial charge < -0.3 is 21.1 Å². The van der Waals surface area contributed by atoms with Gasteiger partial charge >= 0.3 is 12.0 Å². The summed E-state index contributed by atoms with van der Waals surface area (Å²) in [5.74, 6) is -0.866. The number of rotatable bonds is 5. The highest BCUT2D eigenvalue weighted by Crippen LogP contribution is 2.26. The van der Waals surface area contributed by atoms with Gasteiger partial charge in [-0.05, 0) is 18.3 Å². The van der Waals surface area contributed by atoms with Crippen LogP contribution in [0, 0.1) is 5.41 Å². The van der Waals surface area contributed by atoms with E-state index >= 15 is 0 Å². The van der Waals surface area contributed by atoms with Crippen LogP contribution in [0.5, 0.6) is 0 Å². The van der Waals surface area contributed by atoms with Crippen molar-refractivity contribution in [3.8, 4) is 0 Å². The van der Waals surface area contributed by atoms with E-state index in [1.165, 1.54) is 0 Å². The summed E-state index contributed by atoms with van der Waals surface area (Å²) < 4.78 is 0. The largest absolute Gasteiger partial charge is 0.481 e. The SMILES string of the molecule is CC(C)(C)[C@@H]1NC(=O)CC[C@H]1NC(=O)NCCCC(=O)O. The van der Waals surface area contributed by atoms with Gasteiger partial charge in [0, 0.05) is 19.4 Å². The molecule has 0 aromatic carbocycles. The maximum absolute atomic E-state index is 11.8. The third-order valence-electron chi connectivity index (χ3n) is 3.50. The van der Waals surface area contributed by atoms with Crippen molar-refractivity contribution in [3.05, 3.63) is 0 Å². The van der Waals surface area contributed by atoms with Crippen LogP contribution in [-0.2, 0) is 9.59 Å². The van der Waals surface area contributed by atoms with Crippen molar-refractivity contribution in [2.75, 3.05) is 6.54 Å². The van der Waals surface area contributed by atoms with Crippen LogP contribution in [0.25, 0.3) is 0 Å². The second kappa shape index (κ2) is 7.28. The summed E-state index contributed by atoms with van der Waals surface area (Å²) in [4.78, 5) is 33.7. The topological polar surface area (TPSA) is 108 Å². The summed E-state index contributed by atoms with van der Waals surface area (Å²) in [5, 5.41) is 17.0. The van der Waals surface area contributed by atoms with Crippen molar-refractivity contribution < 1.29 is 19.5 Å². The van der Waals surface area contributed by atoms with Gasteiger partial charge in [-0.3, -0.25) is 9.59 Å². The average Bonchev–Trinajstić information content (AvgIpc) is 2.35. The van der Waals surface area contributed by atoms with Gasteiger partial charge in [0.25, 0.3) is 0 Å². The summed E-state index contributed by atoms with van der Waals surface area (Å²) in [7, 11) is 0. The fraction of sp³-hybridized carbons (Fsp3) is 0.786. The number of carboxylic acids is 1. The van der Waals surface area contributed by atoms with Gasteiger partial charge in [0.15, 0.2) is 0 Å². The molecule has 0 aromatic rings. The van der Waals surface area contributed by atoms with E-state index in [4.69, 9.17) is 5.11 Å². The van der Waals surface area contributed by atoms with Crippen LogP contribution in [0.4, 0.5) is 4.79 Å². The summed E-state index contributed by atoms with van der Waals surface area (Å²) in [5.41, 5.74) is -0.155. The first kappa shape index (κ1) is 17.3. The molecule has 1 saturated heterocycles. The third-order valence-corrected chi connectivity index (χ3v) is 3.50. The van der Waals surface area contributed by atoms with Crippen LogP contribution in [0.3, 0.4) is 0 Å². The van der Waals surface area contributed by atoms with Crippen molar-refractivity contribution in [1.82, 2.24) is 16.0 Å². The molecular formula is C14H25N3O4. The Morgan fingerprint density at radius 1 is 1.38 bits per heavy atom. The highest BCUT2D eigenvalue weighted by molar-refractivity contribution is 5.79. The van der Waals surface area contributed by atoms with E-state index in [0.29, 0.717) is 25.8 Å². The van der Waals surface area contributed by atoms with Crippen LogP contribution < -0.4 is 16.0 Å². The highest BCUT2D eigenvalue weighted by atomic mass is 16.4. The Morgan fingerprint density at radius 2 is 2.05 bits per heavy atom. The fourth-order valence-electron chi connectivity index (χ4n) is 2.44. The van der Waals surface area contributed by atoms with Crippen molar-refractivity contribution in [2.24, 2.45) is 5.41 Å². The minimum absolute atomic E-state index is 0.00911. The van der Waals surface area contributed by atoms with Crippen LogP contribution in [0.1, 0.15) is 46.5 Å². The summed E-state index contributed by atoms with van der Waals surface area (Å²) >= 11 is 0. The number of urea groups is 1. The molecular weight excluding hydrogens is 274 g/mol. The Kier molecular flexibility index (Phi) is 5.99. The van der Waals surface area contributed by atoms with Crippen molar-refractivity contribution in [2.45, 2.75) is 58.5 Å². The van der Waals surface area contributed by atoms with E-state index < -0.39 is 5.97 Å². The Balaban J connectivity index is 2.45. The fourth-order valence-corrected chi connectivity index (χ4v) is 2.44. The quantitative estimate of drug-likeness (QED) is 0.564. The molecule has 0 radical (unpaired) electrons. The van der Waals surface area contributed by atoms with Crippen molar-refractivity contribution in [3.63, 3.8) is 0 Å². The molecule has 1 rings (SSSR count). The molecule has 120 valence electrons. The molecule has 21 heavy (non-hydrogen) atoms. The van der Waals surface area contributed by atoms with Gasteiger partial charge in [0.1, 0.15) is 0 Å². The summed E-state index contributed by atoms with van der Waals surface area (Å²) in [6.45, 7) is 6.37. The Bertz CT molecular complexity index is 404. The smallest absolute Gasteiger partial charge is 0.315 e. The molecule has 2 atom stereocenters. The van der Waals surface area contributed by atoms with Crippen LogP contribution in [-0.4, -0.2) is 41.6 Å². The zero-order valence-corrected chi connectivity index (χ0v) is 12.9. The van der Waals surface area contributed by atoms with E-state index in [0.717, 1.165) is 0 Å². The second-order valence-corrected chi connectivity index (χ2v) is 6.45. The normalized spacial score (nSPS) is 22.3. The lowest BCUT2D eigenvalue weighted by atomic mass is 9.79. The van der Waals surface area contributed by atoms with Crippen LogP contribution in [0.2, 0.25) is 0 Å². The van der Waals surface area contributed by atoms with Crippen molar-refractivity contribution >= 4 is 17.9 Å². The lowest BCUT2D eigenvalue weighted by Gasteiger charge is -2.40. The molecule has 1 fully saturated rings. The first-order chi connectivity index (χ1) is 9.70. The first-order valence-electron chi connectivity index (χ1n) is 7.25. The minimum Gasteiger partial charge on any atom is -0.481 e. The zero-order chi connectivity index (χ0) is 16.0. The first-order valence-corrected chi connectivity index (χ1v) is 7.25. The van der Waals surface area contributed by atoms with Gasteiger partial charge in [0.2, 0.25) is 5.91 Å². The van der Waals surface area contributed by atoms with Gasteiger partial charge in [-0.2, -0.15) is 0 Å². The second-order valence-electron chi connectivity index (χ2n) is 6.45. The standard InChI is InChI=1S/C14H25N3O4/c1-14(2,3)12-9(6-7-10(18)17-12)16-13(21)15-8-4-5-11(19)20/h9,12H,4-8H2,1-3H3,(H,17,18)(H,19,20)(H2,15,16,21)/t9-,12-/m1/s1. The van der Waals surface area contributed by atoms with Crippen LogP contribution in [0.15, 0.2) is 0 Å². The Morgan fingerprint density at radius 3 is 2.62 bits per heavy atom. The number of hydrogen-bond acceptors (Lipinski definition) is 3. The summed E-state index contributed by atoms with van der Waals surface area (Å²) in [6.07, 6.45) is 1.43. The number of amides is 3. The lowest BCUT2D eigenvalue weighted by Crippen LogP contribution is -2.61. The van der Waals surface area contributed by atoms with E-state index in [2.05, 4.69) is 16.0 Å². The van der Waals surface area contributed by atoms with Gasteiger partial charge in [-0.1, -0.05) is 20.8 Å². The maximum Gasteiger partial charge on any atom is 0.315 e. The Labute approximate surface area is 124 Å². The van der Waals surface area contributed by atoms with E-state index in [-0.39, 0.29) is 35.9 Å². The maximum atomic E-state index is 11.8. The number of carbonyl (C=O) groups excluding carboxylic acids is 2. The molecule has 3 amide bonds. The average molecular weight is 299 g/mol. The molecule has 0 bridgehead atoms. The number of carbonyl (C=O) groups is 3. The van der Waals surface area contributed by atoms with Gasteiger partial charge in [-0.25, -0.2) is 4.79 Å². The van der Waals surface area contributed by atoms with Gasteiger partial charge in [-0.15, -0.1) is 0 Å².